The molecule has 11 nitrogen and oxygen atoms in total. The van der Waals surface area contributed by atoms with Crippen LogP contribution in [-0.2, 0) is 0 Å². The van der Waals surface area contributed by atoms with Crippen molar-refractivity contribution >= 4 is 22.5 Å². The smallest absolute Gasteiger partial charge is 0.266 e. The van der Waals surface area contributed by atoms with Gasteiger partial charge in [0, 0.05) is 18.0 Å². The summed E-state index contributed by atoms with van der Waals surface area (Å²) in [6.45, 7) is 2.56. The normalized spacial score (nSPS) is 13.5. The molecule has 41 heavy (non-hydrogen) atoms. The van der Waals surface area contributed by atoms with E-state index in [9.17, 15) is 13.6 Å². The second-order valence-electron chi connectivity index (χ2n) is 9.41. The van der Waals surface area contributed by atoms with Gasteiger partial charge >= 0.3 is 0 Å². The largest absolute Gasteiger partial charge is 0.484 e. The number of aromatic nitrogens is 7. The number of hydrogen-bond donors (Lipinski definition) is 1. The molecule has 1 aliphatic heterocycles. The number of halogens is 2. The molecule has 0 radical (unpaired) electrons. The van der Waals surface area contributed by atoms with Gasteiger partial charge in [-0.05, 0) is 42.8 Å². The number of pyridine rings is 2. The molecule has 0 spiro atoms. The quantitative estimate of drug-likeness (QED) is 0.345. The van der Waals surface area contributed by atoms with Crippen LogP contribution < -0.4 is 20.8 Å². The first-order chi connectivity index (χ1) is 19.9. The molecule has 0 fully saturated rings. The highest BCUT2D eigenvalue weighted by Gasteiger charge is 2.27. The van der Waals surface area contributed by atoms with Gasteiger partial charge in [0.1, 0.15) is 48.3 Å². The average molecular weight is 555 g/mol. The van der Waals surface area contributed by atoms with E-state index < -0.39 is 23.2 Å². The van der Waals surface area contributed by atoms with Crippen molar-refractivity contribution in [2.75, 3.05) is 18.9 Å². The lowest BCUT2D eigenvalue weighted by atomic mass is 10.0. The first kappa shape index (κ1) is 24.6. The maximum atomic E-state index is 14.3. The molecule has 6 heterocycles. The van der Waals surface area contributed by atoms with E-state index in [1.54, 1.807) is 29.9 Å². The van der Waals surface area contributed by atoms with Gasteiger partial charge in [-0.25, -0.2) is 33.4 Å². The van der Waals surface area contributed by atoms with Gasteiger partial charge in [-0.15, -0.1) is 0 Å². The van der Waals surface area contributed by atoms with Crippen LogP contribution in [0, 0.1) is 11.6 Å². The topological polar surface area (TPSA) is 135 Å². The van der Waals surface area contributed by atoms with Gasteiger partial charge in [0.2, 0.25) is 0 Å². The molecule has 204 valence electrons. The van der Waals surface area contributed by atoms with E-state index in [0.29, 0.717) is 47.1 Å². The Kier molecular flexibility index (Phi) is 5.59. The van der Waals surface area contributed by atoms with Crippen molar-refractivity contribution in [2.45, 2.75) is 13.0 Å². The van der Waals surface area contributed by atoms with Crippen molar-refractivity contribution in [3.05, 3.63) is 88.9 Å². The second-order valence-corrected chi connectivity index (χ2v) is 9.41. The number of benzene rings is 1. The van der Waals surface area contributed by atoms with Crippen LogP contribution in [0.1, 0.15) is 18.7 Å². The fourth-order valence-corrected chi connectivity index (χ4v) is 4.99. The molecular formula is C28H20F2N8O3. The lowest BCUT2D eigenvalue weighted by Crippen LogP contribution is -2.23. The minimum absolute atomic E-state index is 0.0910. The number of ether oxygens (including phenoxy) is 2. The Hall–Kier alpha value is -5.46. The molecule has 7 rings (SSSR count). The fraction of sp³-hybridized carbons (Fsp3) is 0.143. The molecule has 1 atom stereocenters. The minimum Gasteiger partial charge on any atom is -0.484 e. The SMILES string of the molecule is C[C@H](c1nc2ccc(F)cn2c(=O)c1-c1cccc(F)c1)n1nc(-c2cnc3c(c2)OCCO3)c2c(N)ncnc21. The number of nitrogen functional groups attached to an aromatic ring is 1. The van der Waals surface area contributed by atoms with E-state index in [0.717, 1.165) is 10.6 Å². The molecule has 5 aromatic heterocycles. The van der Waals surface area contributed by atoms with Crippen molar-refractivity contribution in [3.63, 3.8) is 0 Å². The number of hydrogen-bond acceptors (Lipinski definition) is 9. The summed E-state index contributed by atoms with van der Waals surface area (Å²) in [6, 6.07) is 9.23. The van der Waals surface area contributed by atoms with Crippen molar-refractivity contribution in [2.24, 2.45) is 0 Å². The number of nitrogens with zero attached hydrogens (tertiary/aromatic N) is 7. The lowest BCUT2D eigenvalue weighted by Gasteiger charge is -2.18. The van der Waals surface area contributed by atoms with E-state index in [2.05, 4.69) is 15.0 Å². The summed E-state index contributed by atoms with van der Waals surface area (Å²) in [5.74, 6) is -0.132. The third kappa shape index (κ3) is 4.01. The van der Waals surface area contributed by atoms with Crippen LogP contribution in [0.4, 0.5) is 14.6 Å². The monoisotopic (exact) mass is 554 g/mol. The number of rotatable bonds is 4. The van der Waals surface area contributed by atoms with E-state index in [4.69, 9.17) is 25.3 Å². The highest BCUT2D eigenvalue weighted by Crippen LogP contribution is 2.37. The van der Waals surface area contributed by atoms with Gasteiger partial charge < -0.3 is 15.2 Å². The summed E-state index contributed by atoms with van der Waals surface area (Å²) >= 11 is 0. The van der Waals surface area contributed by atoms with Crippen molar-refractivity contribution in [3.8, 4) is 34.0 Å². The van der Waals surface area contributed by atoms with Crippen LogP contribution in [0.3, 0.4) is 0 Å². The Morgan fingerprint density at radius 2 is 1.85 bits per heavy atom. The Balaban J connectivity index is 1.48. The molecule has 2 N–H and O–H groups in total. The van der Waals surface area contributed by atoms with E-state index in [1.165, 1.54) is 36.7 Å². The van der Waals surface area contributed by atoms with Crippen molar-refractivity contribution < 1.29 is 18.3 Å². The van der Waals surface area contributed by atoms with E-state index >= 15 is 0 Å². The molecule has 0 unspecified atom stereocenters. The first-order valence-electron chi connectivity index (χ1n) is 12.6. The van der Waals surface area contributed by atoms with Crippen molar-refractivity contribution in [1.82, 2.24) is 34.1 Å². The molecule has 0 saturated carbocycles. The summed E-state index contributed by atoms with van der Waals surface area (Å²) in [5, 5.41) is 5.30. The highest BCUT2D eigenvalue weighted by molar-refractivity contribution is 5.98. The third-order valence-electron chi connectivity index (χ3n) is 6.88. The van der Waals surface area contributed by atoms with Crippen LogP contribution >= 0.6 is 0 Å². The van der Waals surface area contributed by atoms with Crippen LogP contribution in [-0.4, -0.2) is 47.3 Å². The maximum Gasteiger partial charge on any atom is 0.266 e. The van der Waals surface area contributed by atoms with E-state index in [1.807, 2.05) is 0 Å². The predicted molar refractivity (Wildman–Crippen MR) is 145 cm³/mol. The standard InChI is InChI=1S/C28H20F2N8O3/c1-14(23-21(15-3-2-4-17(29)9-15)28(39)37-12-18(30)5-6-20(37)35-23)38-26-22(25(31)33-13-34-26)24(36-38)16-10-19-27(32-11-16)41-8-7-40-19/h2-6,9-14H,7-8H2,1H3,(H2,31,33,34)/t14-/m1/s1. The van der Waals surface area contributed by atoms with Gasteiger partial charge in [0.15, 0.2) is 11.4 Å². The zero-order chi connectivity index (χ0) is 28.2. The van der Waals surface area contributed by atoms with Crippen LogP contribution in [0.2, 0.25) is 0 Å². The van der Waals surface area contributed by atoms with Crippen LogP contribution in [0.15, 0.2) is 66.0 Å². The van der Waals surface area contributed by atoms with Gasteiger partial charge in [-0.2, -0.15) is 5.10 Å². The Morgan fingerprint density at radius 3 is 2.71 bits per heavy atom. The van der Waals surface area contributed by atoms with Gasteiger partial charge in [-0.3, -0.25) is 9.20 Å². The summed E-state index contributed by atoms with van der Waals surface area (Å²) in [5.41, 5.74) is 7.99. The zero-order valence-corrected chi connectivity index (χ0v) is 21.5. The molecule has 6 aromatic rings. The molecule has 0 bridgehead atoms. The maximum absolute atomic E-state index is 14.3. The molecule has 0 amide bonds. The number of nitrogens with two attached hydrogens (primary N) is 1. The summed E-state index contributed by atoms with van der Waals surface area (Å²) in [7, 11) is 0. The number of fused-ring (bicyclic) bond motifs is 3. The van der Waals surface area contributed by atoms with Gasteiger partial charge in [0.25, 0.3) is 11.4 Å². The molecule has 13 heteroatoms. The minimum atomic E-state index is -0.716. The summed E-state index contributed by atoms with van der Waals surface area (Å²) < 4.78 is 42.3. The summed E-state index contributed by atoms with van der Waals surface area (Å²) in [6.07, 6.45) is 3.95. The molecule has 0 saturated heterocycles. The lowest BCUT2D eigenvalue weighted by molar-refractivity contribution is 0.164. The van der Waals surface area contributed by atoms with Crippen LogP contribution in [0.25, 0.3) is 39.1 Å². The Morgan fingerprint density at radius 1 is 1.00 bits per heavy atom. The Bertz CT molecular complexity index is 2060. The van der Waals surface area contributed by atoms with Crippen molar-refractivity contribution in [1.29, 1.82) is 0 Å². The summed E-state index contributed by atoms with van der Waals surface area (Å²) in [4.78, 5) is 31.4. The predicted octanol–water partition coefficient (Wildman–Crippen LogP) is 3.80. The highest BCUT2D eigenvalue weighted by atomic mass is 19.1. The molecular weight excluding hydrogens is 534 g/mol. The molecule has 1 aliphatic rings. The second kappa shape index (κ2) is 9.33. The Labute approximate surface area is 229 Å². The first-order valence-corrected chi connectivity index (χ1v) is 12.6. The fourth-order valence-electron chi connectivity index (χ4n) is 4.99. The zero-order valence-electron chi connectivity index (χ0n) is 21.5. The third-order valence-corrected chi connectivity index (χ3v) is 6.88. The van der Waals surface area contributed by atoms with Crippen LogP contribution in [0.5, 0.6) is 11.6 Å². The van der Waals surface area contributed by atoms with Gasteiger partial charge in [0.05, 0.1) is 22.7 Å². The van der Waals surface area contributed by atoms with Gasteiger partial charge in [-0.1, -0.05) is 12.1 Å². The number of anilines is 1. The van der Waals surface area contributed by atoms with E-state index in [-0.39, 0.29) is 28.3 Å². The molecule has 0 aliphatic carbocycles. The molecule has 1 aromatic carbocycles. The average Bonchev–Trinajstić information content (AvgIpc) is 3.38.